The molecule has 2 aromatic carbocycles. The Labute approximate surface area is 133 Å². The molecular formula is C16H14Cl2N2O. The number of hydrogen-bond donors (Lipinski definition) is 1. The first-order valence-electron chi connectivity index (χ1n) is 6.46. The number of benzene rings is 2. The van der Waals surface area contributed by atoms with Gasteiger partial charge in [-0.1, -0.05) is 59.6 Å². The fourth-order valence-electron chi connectivity index (χ4n) is 1.74. The molecule has 108 valence electrons. The Balaban J connectivity index is 1.82. The molecule has 5 heteroatoms. The summed E-state index contributed by atoms with van der Waals surface area (Å²) in [7, 11) is 0. The molecule has 1 amide bonds. The number of nitrogens with one attached hydrogen (secondary N) is 1. The topological polar surface area (TPSA) is 41.5 Å². The SMILES string of the molecule is O=C(CCc1ccccc1)N/N=C/c1ccc(Cl)cc1Cl. The monoisotopic (exact) mass is 320 g/mol. The first-order valence-corrected chi connectivity index (χ1v) is 7.21. The largest absolute Gasteiger partial charge is 0.273 e. The van der Waals surface area contributed by atoms with Crippen LogP contribution in [0, 0.1) is 0 Å². The van der Waals surface area contributed by atoms with Gasteiger partial charge in [0.25, 0.3) is 0 Å². The molecule has 0 bridgehead atoms. The summed E-state index contributed by atoms with van der Waals surface area (Å²) < 4.78 is 0. The average molecular weight is 321 g/mol. The molecule has 0 fully saturated rings. The van der Waals surface area contributed by atoms with E-state index in [1.165, 1.54) is 6.21 Å². The van der Waals surface area contributed by atoms with Gasteiger partial charge in [0.2, 0.25) is 5.91 Å². The van der Waals surface area contributed by atoms with Crippen LogP contribution in [0.3, 0.4) is 0 Å². The molecule has 0 aliphatic rings. The van der Waals surface area contributed by atoms with Crippen molar-refractivity contribution < 1.29 is 4.79 Å². The van der Waals surface area contributed by atoms with Crippen molar-refractivity contribution in [2.75, 3.05) is 0 Å². The molecular weight excluding hydrogens is 307 g/mol. The van der Waals surface area contributed by atoms with Crippen LogP contribution in [0.1, 0.15) is 17.5 Å². The molecule has 2 rings (SSSR count). The van der Waals surface area contributed by atoms with Crippen molar-refractivity contribution in [2.45, 2.75) is 12.8 Å². The molecule has 0 saturated carbocycles. The fraction of sp³-hybridized carbons (Fsp3) is 0.125. The summed E-state index contributed by atoms with van der Waals surface area (Å²) in [6.07, 6.45) is 2.57. The minimum Gasteiger partial charge on any atom is -0.273 e. The van der Waals surface area contributed by atoms with Gasteiger partial charge < -0.3 is 0 Å². The normalized spacial score (nSPS) is 10.8. The van der Waals surface area contributed by atoms with Crippen molar-refractivity contribution in [1.82, 2.24) is 5.43 Å². The number of aryl methyl sites for hydroxylation is 1. The zero-order valence-electron chi connectivity index (χ0n) is 11.2. The van der Waals surface area contributed by atoms with Gasteiger partial charge in [-0.15, -0.1) is 0 Å². The smallest absolute Gasteiger partial charge is 0.240 e. The van der Waals surface area contributed by atoms with E-state index in [9.17, 15) is 4.79 Å². The van der Waals surface area contributed by atoms with Gasteiger partial charge in [0, 0.05) is 17.0 Å². The molecule has 0 aliphatic carbocycles. The average Bonchev–Trinajstić information content (AvgIpc) is 2.48. The summed E-state index contributed by atoms with van der Waals surface area (Å²) >= 11 is 11.8. The maximum absolute atomic E-state index is 11.7. The second-order valence-corrected chi connectivity index (χ2v) is 5.29. The molecule has 2 aromatic rings. The van der Waals surface area contributed by atoms with E-state index in [-0.39, 0.29) is 5.91 Å². The van der Waals surface area contributed by atoms with Crippen LogP contribution in [0.5, 0.6) is 0 Å². The molecule has 0 aliphatic heterocycles. The van der Waals surface area contributed by atoms with E-state index in [0.29, 0.717) is 28.5 Å². The number of carbonyl (C=O) groups excluding carboxylic acids is 1. The molecule has 0 unspecified atom stereocenters. The van der Waals surface area contributed by atoms with Gasteiger partial charge in [0.15, 0.2) is 0 Å². The molecule has 0 atom stereocenters. The van der Waals surface area contributed by atoms with Gasteiger partial charge in [-0.3, -0.25) is 4.79 Å². The van der Waals surface area contributed by atoms with Crippen molar-refractivity contribution in [3.05, 3.63) is 69.7 Å². The van der Waals surface area contributed by atoms with Crippen LogP contribution in [-0.4, -0.2) is 12.1 Å². The quantitative estimate of drug-likeness (QED) is 0.654. The Bertz CT molecular complexity index is 642. The third-order valence-electron chi connectivity index (χ3n) is 2.84. The highest BCUT2D eigenvalue weighted by Crippen LogP contribution is 2.19. The number of hydrazone groups is 1. The molecule has 3 nitrogen and oxygen atoms in total. The summed E-state index contributed by atoms with van der Waals surface area (Å²) in [5.74, 6) is -0.139. The third kappa shape index (κ3) is 5.21. The first-order chi connectivity index (χ1) is 10.1. The Kier molecular flexibility index (Phi) is 5.78. The summed E-state index contributed by atoms with van der Waals surface area (Å²) in [6, 6.07) is 14.9. The summed E-state index contributed by atoms with van der Waals surface area (Å²) in [5.41, 5.74) is 4.30. The standard InChI is InChI=1S/C16H14Cl2N2O/c17-14-8-7-13(15(18)10-14)11-19-20-16(21)9-6-12-4-2-1-3-5-12/h1-5,7-8,10-11H,6,9H2,(H,20,21)/b19-11+. The number of amides is 1. The zero-order valence-corrected chi connectivity index (χ0v) is 12.7. The van der Waals surface area contributed by atoms with Crippen LogP contribution >= 0.6 is 23.2 Å². The Morgan fingerprint density at radius 2 is 1.90 bits per heavy atom. The minimum absolute atomic E-state index is 0.139. The second kappa shape index (κ2) is 7.81. The van der Waals surface area contributed by atoms with Crippen molar-refractivity contribution in [3.63, 3.8) is 0 Å². The molecule has 0 aromatic heterocycles. The molecule has 0 saturated heterocycles. The van der Waals surface area contributed by atoms with Gasteiger partial charge in [0.05, 0.1) is 11.2 Å². The predicted molar refractivity (Wildman–Crippen MR) is 87.0 cm³/mol. The van der Waals surface area contributed by atoms with E-state index >= 15 is 0 Å². The number of rotatable bonds is 5. The Hall–Kier alpha value is -1.84. The lowest BCUT2D eigenvalue weighted by Gasteiger charge is -2.01. The number of halogens is 2. The van der Waals surface area contributed by atoms with E-state index < -0.39 is 0 Å². The van der Waals surface area contributed by atoms with E-state index in [1.54, 1.807) is 18.2 Å². The van der Waals surface area contributed by atoms with Gasteiger partial charge >= 0.3 is 0 Å². The first kappa shape index (κ1) is 15.5. The van der Waals surface area contributed by atoms with Gasteiger partial charge in [-0.05, 0) is 24.1 Å². The summed E-state index contributed by atoms with van der Waals surface area (Å²) in [4.78, 5) is 11.7. The van der Waals surface area contributed by atoms with Crippen molar-refractivity contribution >= 4 is 35.3 Å². The molecule has 1 N–H and O–H groups in total. The molecule has 21 heavy (non-hydrogen) atoms. The highest BCUT2D eigenvalue weighted by molar-refractivity contribution is 6.36. The fourth-order valence-corrected chi connectivity index (χ4v) is 2.20. The van der Waals surface area contributed by atoms with E-state index in [0.717, 1.165) is 5.56 Å². The van der Waals surface area contributed by atoms with Crippen molar-refractivity contribution in [2.24, 2.45) is 5.10 Å². The number of hydrogen-bond acceptors (Lipinski definition) is 2. The predicted octanol–water partition coefficient (Wildman–Crippen LogP) is 4.08. The lowest BCUT2D eigenvalue weighted by molar-refractivity contribution is -0.121. The highest BCUT2D eigenvalue weighted by Gasteiger charge is 2.01. The molecule has 0 radical (unpaired) electrons. The van der Waals surface area contributed by atoms with Crippen molar-refractivity contribution in [1.29, 1.82) is 0 Å². The van der Waals surface area contributed by atoms with Crippen LogP contribution in [-0.2, 0) is 11.2 Å². The van der Waals surface area contributed by atoms with Crippen LogP contribution in [0.4, 0.5) is 0 Å². The lowest BCUT2D eigenvalue weighted by Crippen LogP contribution is -2.17. The second-order valence-electron chi connectivity index (χ2n) is 4.44. The van der Waals surface area contributed by atoms with Crippen LogP contribution in [0.25, 0.3) is 0 Å². The molecule has 0 heterocycles. The number of carbonyl (C=O) groups is 1. The van der Waals surface area contributed by atoms with Crippen LogP contribution in [0.15, 0.2) is 53.6 Å². The summed E-state index contributed by atoms with van der Waals surface area (Å²) in [5, 5.41) is 4.94. The highest BCUT2D eigenvalue weighted by atomic mass is 35.5. The zero-order chi connectivity index (χ0) is 15.1. The maximum atomic E-state index is 11.7. The summed E-state index contributed by atoms with van der Waals surface area (Å²) in [6.45, 7) is 0. The van der Waals surface area contributed by atoms with Gasteiger partial charge in [-0.25, -0.2) is 5.43 Å². The Morgan fingerprint density at radius 1 is 1.14 bits per heavy atom. The van der Waals surface area contributed by atoms with Gasteiger partial charge in [0.1, 0.15) is 0 Å². The van der Waals surface area contributed by atoms with E-state index in [1.807, 2.05) is 30.3 Å². The van der Waals surface area contributed by atoms with Crippen molar-refractivity contribution in [3.8, 4) is 0 Å². The lowest BCUT2D eigenvalue weighted by atomic mass is 10.1. The Morgan fingerprint density at radius 3 is 2.62 bits per heavy atom. The third-order valence-corrected chi connectivity index (χ3v) is 3.40. The maximum Gasteiger partial charge on any atom is 0.240 e. The van der Waals surface area contributed by atoms with E-state index in [4.69, 9.17) is 23.2 Å². The number of nitrogens with zero attached hydrogens (tertiary/aromatic N) is 1. The van der Waals surface area contributed by atoms with E-state index in [2.05, 4.69) is 10.5 Å². The van der Waals surface area contributed by atoms with Crippen LogP contribution < -0.4 is 5.43 Å². The van der Waals surface area contributed by atoms with Crippen LogP contribution in [0.2, 0.25) is 10.0 Å². The van der Waals surface area contributed by atoms with Gasteiger partial charge in [-0.2, -0.15) is 5.10 Å². The molecule has 0 spiro atoms. The minimum atomic E-state index is -0.139.